The summed E-state index contributed by atoms with van der Waals surface area (Å²) in [6.45, 7) is 2.33. The highest BCUT2D eigenvalue weighted by Gasteiger charge is 2.29. The molecule has 2 amide bonds. The number of nitrogens with one attached hydrogen (secondary N) is 2. The smallest absolute Gasteiger partial charge is 0.230 e. The monoisotopic (exact) mass is 452 g/mol. The molecule has 0 radical (unpaired) electrons. The maximum absolute atomic E-state index is 14.0. The van der Waals surface area contributed by atoms with E-state index in [4.69, 9.17) is 4.74 Å². The molecule has 1 heterocycles. The van der Waals surface area contributed by atoms with Crippen LogP contribution in [0.5, 0.6) is 5.75 Å². The van der Waals surface area contributed by atoms with Crippen LogP contribution in [0.2, 0.25) is 0 Å². The van der Waals surface area contributed by atoms with E-state index in [1.807, 2.05) is 6.92 Å². The van der Waals surface area contributed by atoms with E-state index in [2.05, 4.69) is 10.0 Å². The van der Waals surface area contributed by atoms with E-state index >= 15 is 0 Å². The Labute approximate surface area is 182 Å². The van der Waals surface area contributed by atoms with E-state index in [0.717, 1.165) is 12.8 Å². The van der Waals surface area contributed by atoms with Crippen LogP contribution in [0, 0.1) is 17.7 Å². The Morgan fingerprint density at radius 3 is 2.71 bits per heavy atom. The molecule has 0 spiro atoms. The molecule has 1 aromatic rings. The molecule has 7 nitrogen and oxygen atoms in total. The van der Waals surface area contributed by atoms with Gasteiger partial charge in [-0.15, -0.1) is 0 Å². The maximum Gasteiger partial charge on any atom is 0.230 e. The summed E-state index contributed by atoms with van der Waals surface area (Å²) in [5, 5.41) is 2.25. The molecule has 2 N–H and O–H groups in total. The first kappa shape index (κ1) is 23.4. The standard InChI is InChI=1S/C22H29FN2O5S/c1-2-19(16-9-10-18(23)20(12-16)30-14-15-7-8-15)25-31(28,29)11-5-3-4-6-17-13-21(26)24-22(17)27/h3-4,9-10,12,15,17,19,25H,2,5-8,11,13-14H2,1H3,(H,24,26,27)/b4-3+/t17?,19-/m1/s1. The summed E-state index contributed by atoms with van der Waals surface area (Å²) in [6, 6.07) is 3.97. The van der Waals surface area contributed by atoms with Crippen LogP contribution in [0.3, 0.4) is 0 Å². The molecule has 2 atom stereocenters. The third kappa shape index (κ3) is 7.14. The predicted octanol–water partition coefficient (Wildman–Crippen LogP) is 2.98. The van der Waals surface area contributed by atoms with E-state index in [9.17, 15) is 22.4 Å². The molecule has 1 aromatic carbocycles. The maximum atomic E-state index is 14.0. The number of hydrogen-bond acceptors (Lipinski definition) is 5. The van der Waals surface area contributed by atoms with Crippen molar-refractivity contribution in [2.45, 2.75) is 51.5 Å². The lowest BCUT2D eigenvalue weighted by Crippen LogP contribution is -2.30. The molecule has 9 heteroatoms. The van der Waals surface area contributed by atoms with Gasteiger partial charge < -0.3 is 4.74 Å². The highest BCUT2D eigenvalue weighted by molar-refractivity contribution is 7.89. The van der Waals surface area contributed by atoms with Crippen molar-refractivity contribution in [1.82, 2.24) is 10.0 Å². The molecule has 1 aliphatic carbocycles. The van der Waals surface area contributed by atoms with Gasteiger partial charge in [-0.3, -0.25) is 14.9 Å². The minimum atomic E-state index is -3.57. The highest BCUT2D eigenvalue weighted by Crippen LogP contribution is 2.31. The largest absolute Gasteiger partial charge is 0.490 e. The number of sulfonamides is 1. The first-order chi connectivity index (χ1) is 14.8. The van der Waals surface area contributed by atoms with Gasteiger partial charge in [0.25, 0.3) is 0 Å². The number of amides is 2. The fourth-order valence-electron chi connectivity index (χ4n) is 3.40. The molecule has 1 unspecified atom stereocenters. The Hall–Kier alpha value is -2.26. The summed E-state index contributed by atoms with van der Waals surface area (Å²) in [6.07, 6.45) is 7.00. The third-order valence-corrected chi connectivity index (χ3v) is 6.88. The van der Waals surface area contributed by atoms with Crippen molar-refractivity contribution in [2.75, 3.05) is 12.4 Å². The van der Waals surface area contributed by atoms with Gasteiger partial charge in [0, 0.05) is 12.5 Å². The zero-order valence-corrected chi connectivity index (χ0v) is 18.4. The number of ether oxygens (including phenoxy) is 1. The molecule has 0 bridgehead atoms. The zero-order chi connectivity index (χ0) is 22.4. The zero-order valence-electron chi connectivity index (χ0n) is 17.6. The van der Waals surface area contributed by atoms with Gasteiger partial charge in [0.2, 0.25) is 21.8 Å². The van der Waals surface area contributed by atoms with Crippen LogP contribution in [0.1, 0.15) is 57.1 Å². The molecule has 31 heavy (non-hydrogen) atoms. The van der Waals surface area contributed by atoms with E-state index in [0.29, 0.717) is 30.9 Å². The van der Waals surface area contributed by atoms with Gasteiger partial charge in [-0.05, 0) is 55.7 Å². The van der Waals surface area contributed by atoms with Gasteiger partial charge in [-0.2, -0.15) is 0 Å². The van der Waals surface area contributed by atoms with Crippen molar-refractivity contribution in [3.63, 3.8) is 0 Å². The Balaban J connectivity index is 1.51. The van der Waals surface area contributed by atoms with Crippen LogP contribution >= 0.6 is 0 Å². The number of rotatable bonds is 12. The first-order valence-electron chi connectivity index (χ1n) is 10.7. The summed E-state index contributed by atoms with van der Waals surface area (Å²) in [4.78, 5) is 22.7. The van der Waals surface area contributed by atoms with Crippen LogP contribution in [0.4, 0.5) is 4.39 Å². The van der Waals surface area contributed by atoms with Gasteiger partial charge in [0.15, 0.2) is 11.6 Å². The molecular formula is C22H29FN2O5S. The minimum Gasteiger partial charge on any atom is -0.490 e. The van der Waals surface area contributed by atoms with Crippen molar-refractivity contribution >= 4 is 21.8 Å². The van der Waals surface area contributed by atoms with Crippen LogP contribution in [-0.2, 0) is 19.6 Å². The lowest BCUT2D eigenvalue weighted by Gasteiger charge is -2.18. The topological polar surface area (TPSA) is 102 Å². The van der Waals surface area contributed by atoms with Crippen LogP contribution in [0.15, 0.2) is 30.4 Å². The average molecular weight is 453 g/mol. The summed E-state index contributed by atoms with van der Waals surface area (Å²) in [5.74, 6) is -0.860. The lowest BCUT2D eigenvalue weighted by atomic mass is 10.0. The van der Waals surface area contributed by atoms with E-state index in [-0.39, 0.29) is 42.1 Å². The average Bonchev–Trinajstić information content (AvgIpc) is 3.49. The Morgan fingerprint density at radius 2 is 2.06 bits per heavy atom. The second-order valence-electron chi connectivity index (χ2n) is 8.15. The Bertz CT molecular complexity index is 943. The summed E-state index contributed by atoms with van der Waals surface area (Å²) in [7, 11) is -3.57. The SMILES string of the molecule is CC[C@@H](NS(=O)(=O)CC/C=C/CC1CC(=O)NC1=O)c1ccc(F)c(OCC2CC2)c1. The van der Waals surface area contributed by atoms with E-state index in [1.54, 1.807) is 24.3 Å². The predicted molar refractivity (Wildman–Crippen MR) is 114 cm³/mol. The molecule has 2 fully saturated rings. The fraction of sp³-hybridized carbons (Fsp3) is 0.545. The number of carbonyl (C=O) groups excluding carboxylic acids is 2. The van der Waals surface area contributed by atoms with Crippen molar-refractivity contribution in [3.05, 3.63) is 41.7 Å². The molecular weight excluding hydrogens is 423 g/mol. The van der Waals surface area contributed by atoms with Gasteiger partial charge >= 0.3 is 0 Å². The molecule has 2 aliphatic rings. The number of imide groups is 1. The molecule has 1 saturated heterocycles. The van der Waals surface area contributed by atoms with Crippen molar-refractivity contribution in [3.8, 4) is 5.75 Å². The number of hydrogen-bond donors (Lipinski definition) is 2. The van der Waals surface area contributed by atoms with Crippen molar-refractivity contribution in [1.29, 1.82) is 0 Å². The van der Waals surface area contributed by atoms with Gasteiger partial charge in [-0.25, -0.2) is 17.5 Å². The highest BCUT2D eigenvalue weighted by atomic mass is 32.2. The number of benzene rings is 1. The van der Waals surface area contributed by atoms with Crippen molar-refractivity contribution in [2.24, 2.45) is 11.8 Å². The van der Waals surface area contributed by atoms with Crippen LogP contribution in [0.25, 0.3) is 0 Å². The number of halogens is 1. The van der Waals surface area contributed by atoms with Crippen LogP contribution in [-0.4, -0.2) is 32.6 Å². The van der Waals surface area contributed by atoms with E-state index in [1.165, 1.54) is 6.07 Å². The molecule has 1 saturated carbocycles. The van der Waals surface area contributed by atoms with Crippen molar-refractivity contribution < 1.29 is 27.1 Å². The molecule has 3 rings (SSSR count). The minimum absolute atomic E-state index is 0.109. The van der Waals surface area contributed by atoms with Gasteiger partial charge in [0.05, 0.1) is 18.3 Å². The summed E-state index contributed by atoms with van der Waals surface area (Å²) >= 11 is 0. The van der Waals surface area contributed by atoms with Gasteiger partial charge in [-0.1, -0.05) is 25.1 Å². The quantitative estimate of drug-likeness (QED) is 0.375. The third-order valence-electron chi connectivity index (χ3n) is 5.46. The second kappa shape index (κ2) is 10.4. The normalized spacial score (nSPS) is 20.3. The summed E-state index contributed by atoms with van der Waals surface area (Å²) in [5.41, 5.74) is 0.658. The molecule has 0 aromatic heterocycles. The Kier molecular flexibility index (Phi) is 7.83. The fourth-order valence-corrected chi connectivity index (χ4v) is 4.70. The summed E-state index contributed by atoms with van der Waals surface area (Å²) < 4.78 is 47.3. The Morgan fingerprint density at radius 1 is 1.29 bits per heavy atom. The van der Waals surface area contributed by atoms with Gasteiger partial charge in [0.1, 0.15) is 0 Å². The molecule has 170 valence electrons. The molecule has 1 aliphatic heterocycles. The van der Waals surface area contributed by atoms with E-state index < -0.39 is 21.9 Å². The number of carbonyl (C=O) groups is 2. The second-order valence-corrected chi connectivity index (χ2v) is 10.0. The first-order valence-corrected chi connectivity index (χ1v) is 12.3. The van der Waals surface area contributed by atoms with Crippen LogP contribution < -0.4 is 14.8 Å². The lowest BCUT2D eigenvalue weighted by molar-refractivity contribution is -0.125. The number of allylic oxidation sites excluding steroid dienone is 2.